The van der Waals surface area contributed by atoms with E-state index < -0.39 is 11.2 Å². The molecule has 0 spiro atoms. The molecule has 1 amide bonds. The van der Waals surface area contributed by atoms with E-state index in [2.05, 4.69) is 31.4 Å². The largest absolute Gasteiger partial charge is 0.444 e. The Balaban J connectivity index is 1.55. The van der Waals surface area contributed by atoms with Gasteiger partial charge in [-0.25, -0.2) is 19.7 Å². The van der Waals surface area contributed by atoms with Crippen molar-refractivity contribution in [3.05, 3.63) is 36.4 Å². The summed E-state index contributed by atoms with van der Waals surface area (Å²) in [6.07, 6.45) is 6.35. The summed E-state index contributed by atoms with van der Waals surface area (Å²) in [4.78, 5) is 27.0. The van der Waals surface area contributed by atoms with E-state index >= 15 is 0 Å². The standard InChI is InChI=1S/C28H36N6O4/c1-27(2,3)38-26(35)33-12-8-19(9-13-33)28(4,36)10-6-20-16-21-22(23-7-11-30-25(29)32-23)18-34(14-15-37-5)24(21)17-31-20/h7,11,16-19,36H,8-9,12-15H2,1-5H3,(H2,29,30,32). The van der Waals surface area contributed by atoms with Crippen molar-refractivity contribution in [2.45, 2.75) is 58.3 Å². The minimum atomic E-state index is -1.23. The van der Waals surface area contributed by atoms with Crippen LogP contribution < -0.4 is 5.73 Å². The zero-order valence-electron chi connectivity index (χ0n) is 22.7. The van der Waals surface area contributed by atoms with Crippen molar-refractivity contribution >= 4 is 22.9 Å². The Morgan fingerprint density at radius 3 is 2.63 bits per heavy atom. The molecule has 1 saturated heterocycles. The molecule has 202 valence electrons. The average molecular weight is 521 g/mol. The number of amides is 1. The molecule has 0 bridgehead atoms. The van der Waals surface area contributed by atoms with Crippen LogP contribution in [0.2, 0.25) is 0 Å². The third-order valence-electron chi connectivity index (χ3n) is 6.64. The second-order valence-electron chi connectivity index (χ2n) is 10.8. The Hall–Kier alpha value is -3.68. The van der Waals surface area contributed by atoms with Crippen molar-refractivity contribution in [1.82, 2.24) is 24.4 Å². The van der Waals surface area contributed by atoms with Crippen LogP contribution in [0.1, 0.15) is 46.2 Å². The normalized spacial score (nSPS) is 16.1. The summed E-state index contributed by atoms with van der Waals surface area (Å²) in [6, 6.07) is 3.71. The molecule has 1 atom stereocenters. The highest BCUT2D eigenvalue weighted by Crippen LogP contribution is 2.31. The summed E-state index contributed by atoms with van der Waals surface area (Å²) in [5, 5.41) is 12.1. The Bertz CT molecular complexity index is 1360. The van der Waals surface area contributed by atoms with Crippen LogP contribution in [0.3, 0.4) is 0 Å². The number of hydrogen-bond acceptors (Lipinski definition) is 8. The number of fused-ring (bicyclic) bond motifs is 1. The zero-order valence-corrected chi connectivity index (χ0v) is 22.7. The van der Waals surface area contributed by atoms with Crippen molar-refractivity contribution in [3.8, 4) is 23.1 Å². The number of anilines is 1. The number of rotatable bonds is 5. The van der Waals surface area contributed by atoms with Gasteiger partial charge in [0.1, 0.15) is 16.9 Å². The maximum Gasteiger partial charge on any atom is 0.410 e. The molecule has 1 unspecified atom stereocenters. The SMILES string of the molecule is COCCn1cc(-c2ccnc(N)n2)c2cc(C#CC(C)(O)C3CCN(C(=O)OC(C)(C)C)CC3)ncc21. The quantitative estimate of drug-likeness (QED) is 0.490. The van der Waals surface area contributed by atoms with E-state index in [1.165, 1.54) is 0 Å². The van der Waals surface area contributed by atoms with Gasteiger partial charge in [0.2, 0.25) is 5.95 Å². The van der Waals surface area contributed by atoms with Gasteiger partial charge in [-0.05, 0) is 58.6 Å². The highest BCUT2D eigenvalue weighted by molar-refractivity contribution is 5.95. The molecule has 1 aliphatic heterocycles. The van der Waals surface area contributed by atoms with Crippen molar-refractivity contribution in [3.63, 3.8) is 0 Å². The van der Waals surface area contributed by atoms with Gasteiger partial charge in [-0.1, -0.05) is 5.92 Å². The topological polar surface area (TPSA) is 129 Å². The summed E-state index contributed by atoms with van der Waals surface area (Å²) >= 11 is 0. The number of methoxy groups -OCH3 is 1. The number of piperidine rings is 1. The lowest BCUT2D eigenvalue weighted by molar-refractivity contribution is -0.00444. The van der Waals surface area contributed by atoms with Gasteiger partial charge in [0.05, 0.1) is 24.0 Å². The maximum atomic E-state index is 12.4. The first-order valence-electron chi connectivity index (χ1n) is 12.8. The van der Waals surface area contributed by atoms with Crippen LogP contribution in [0.25, 0.3) is 22.2 Å². The van der Waals surface area contributed by atoms with Crippen LogP contribution in [0, 0.1) is 17.8 Å². The van der Waals surface area contributed by atoms with Gasteiger partial charge in [-0.15, -0.1) is 0 Å². The predicted molar refractivity (Wildman–Crippen MR) is 145 cm³/mol. The Kier molecular flexibility index (Phi) is 7.90. The van der Waals surface area contributed by atoms with Crippen LogP contribution in [-0.4, -0.2) is 73.6 Å². The maximum absolute atomic E-state index is 12.4. The monoisotopic (exact) mass is 520 g/mol. The number of hydrogen-bond donors (Lipinski definition) is 2. The number of nitrogen functional groups attached to an aromatic ring is 1. The fraction of sp³-hybridized carbons (Fsp3) is 0.500. The number of nitrogens with zero attached hydrogens (tertiary/aromatic N) is 5. The van der Waals surface area contributed by atoms with Gasteiger partial charge in [0, 0.05) is 56.0 Å². The predicted octanol–water partition coefficient (Wildman–Crippen LogP) is 3.47. The molecule has 4 heterocycles. The lowest BCUT2D eigenvalue weighted by atomic mass is 9.82. The molecule has 0 aliphatic carbocycles. The fourth-order valence-corrected chi connectivity index (χ4v) is 4.60. The van der Waals surface area contributed by atoms with Crippen LogP contribution in [-0.2, 0) is 16.0 Å². The van der Waals surface area contributed by atoms with Gasteiger partial charge >= 0.3 is 6.09 Å². The number of nitrogens with two attached hydrogens (primary N) is 1. The van der Waals surface area contributed by atoms with E-state index in [1.54, 1.807) is 31.3 Å². The second-order valence-corrected chi connectivity index (χ2v) is 10.8. The Labute approximate surface area is 223 Å². The molecule has 1 aliphatic rings. The lowest BCUT2D eigenvalue weighted by Gasteiger charge is -2.37. The van der Waals surface area contributed by atoms with Gasteiger partial charge in [0.15, 0.2) is 0 Å². The first-order valence-corrected chi connectivity index (χ1v) is 12.8. The molecule has 0 radical (unpaired) electrons. The number of ether oxygens (including phenoxy) is 2. The van der Waals surface area contributed by atoms with E-state index in [4.69, 9.17) is 15.2 Å². The Morgan fingerprint density at radius 2 is 1.97 bits per heavy atom. The summed E-state index contributed by atoms with van der Waals surface area (Å²) in [5.74, 6) is 6.23. The zero-order chi connectivity index (χ0) is 27.5. The third kappa shape index (κ3) is 6.41. The van der Waals surface area contributed by atoms with Gasteiger partial charge in [-0.3, -0.25) is 0 Å². The van der Waals surface area contributed by atoms with Gasteiger partial charge < -0.3 is 29.8 Å². The Morgan fingerprint density at radius 1 is 1.24 bits per heavy atom. The minimum Gasteiger partial charge on any atom is -0.444 e. The summed E-state index contributed by atoms with van der Waals surface area (Å²) in [5.41, 5.74) is 7.11. The molecule has 10 heteroatoms. The first kappa shape index (κ1) is 27.4. The summed E-state index contributed by atoms with van der Waals surface area (Å²) in [7, 11) is 1.66. The van der Waals surface area contributed by atoms with Gasteiger partial charge in [-0.2, -0.15) is 0 Å². The molecule has 4 rings (SSSR count). The summed E-state index contributed by atoms with van der Waals surface area (Å²) in [6.45, 7) is 9.51. The van der Waals surface area contributed by atoms with Gasteiger partial charge in [0.25, 0.3) is 0 Å². The van der Waals surface area contributed by atoms with E-state index in [1.807, 2.05) is 39.1 Å². The van der Waals surface area contributed by atoms with Crippen LogP contribution in [0.15, 0.2) is 30.7 Å². The highest BCUT2D eigenvalue weighted by atomic mass is 16.6. The number of aromatic nitrogens is 4. The number of aliphatic hydroxyl groups is 1. The van der Waals surface area contributed by atoms with Crippen molar-refractivity contribution in [2.75, 3.05) is 32.5 Å². The van der Waals surface area contributed by atoms with E-state index in [9.17, 15) is 9.90 Å². The highest BCUT2D eigenvalue weighted by Gasteiger charge is 2.35. The lowest BCUT2D eigenvalue weighted by Crippen LogP contribution is -2.46. The van der Waals surface area contributed by atoms with Crippen molar-refractivity contribution in [1.29, 1.82) is 0 Å². The third-order valence-corrected chi connectivity index (χ3v) is 6.64. The fourth-order valence-electron chi connectivity index (χ4n) is 4.60. The van der Waals surface area contributed by atoms with E-state index in [0.717, 1.165) is 16.5 Å². The van der Waals surface area contributed by atoms with E-state index in [-0.39, 0.29) is 18.0 Å². The average Bonchev–Trinajstić information content (AvgIpc) is 3.23. The van der Waals surface area contributed by atoms with Crippen LogP contribution in [0.4, 0.5) is 10.7 Å². The van der Waals surface area contributed by atoms with Crippen molar-refractivity contribution < 1.29 is 19.4 Å². The molecule has 1 fully saturated rings. The number of pyridine rings is 1. The van der Waals surface area contributed by atoms with Crippen molar-refractivity contribution in [2.24, 2.45) is 5.92 Å². The molecular formula is C28H36N6O4. The molecular weight excluding hydrogens is 484 g/mol. The number of carbonyl (C=O) groups is 1. The molecule has 3 aromatic heterocycles. The van der Waals surface area contributed by atoms with E-state index in [0.29, 0.717) is 50.5 Å². The molecule has 3 N–H and O–H groups in total. The smallest absolute Gasteiger partial charge is 0.410 e. The van der Waals surface area contributed by atoms with Crippen LogP contribution >= 0.6 is 0 Å². The molecule has 38 heavy (non-hydrogen) atoms. The second kappa shape index (κ2) is 11.0. The minimum absolute atomic E-state index is 0.0768. The molecule has 10 nitrogen and oxygen atoms in total. The number of carbonyl (C=O) groups excluding carboxylic acids is 1. The first-order chi connectivity index (χ1) is 18.0. The van der Waals surface area contributed by atoms with Crippen LogP contribution in [0.5, 0.6) is 0 Å². The summed E-state index contributed by atoms with van der Waals surface area (Å²) < 4.78 is 12.8. The molecule has 0 saturated carbocycles. The number of likely N-dealkylation sites (tertiary alicyclic amines) is 1. The molecule has 3 aromatic rings. The molecule has 0 aromatic carbocycles.